The molecule has 7 heteroatoms. The predicted octanol–water partition coefficient (Wildman–Crippen LogP) is 1.52. The first kappa shape index (κ1) is 12.0. The molecule has 0 atom stereocenters. The lowest BCUT2D eigenvalue weighted by Crippen LogP contribution is -2.21. The SMILES string of the molecule is NC(N)=NN=Cc1cc(Br)c(O)c(Br)c1. The Balaban J connectivity index is 2.98. The van der Waals surface area contributed by atoms with Crippen LogP contribution in [0.15, 0.2) is 31.3 Å². The van der Waals surface area contributed by atoms with E-state index in [0.717, 1.165) is 5.56 Å². The molecule has 0 aliphatic heterocycles. The smallest absolute Gasteiger partial charge is 0.211 e. The number of halogens is 2. The number of phenolic OH excluding ortho intramolecular Hbond substituents is 1. The van der Waals surface area contributed by atoms with Crippen LogP contribution in [0.1, 0.15) is 5.56 Å². The zero-order valence-corrected chi connectivity index (χ0v) is 10.7. The summed E-state index contributed by atoms with van der Waals surface area (Å²) in [5, 5.41) is 16.5. The van der Waals surface area contributed by atoms with E-state index < -0.39 is 0 Å². The Kier molecular flexibility index (Phi) is 4.10. The third-order valence-corrected chi connectivity index (χ3v) is 2.63. The monoisotopic (exact) mass is 334 g/mol. The van der Waals surface area contributed by atoms with Crippen molar-refractivity contribution in [2.24, 2.45) is 21.7 Å². The number of rotatable bonds is 2. The van der Waals surface area contributed by atoms with Gasteiger partial charge in [0.15, 0.2) is 0 Å². The van der Waals surface area contributed by atoms with Crippen LogP contribution in [0.25, 0.3) is 0 Å². The highest BCUT2D eigenvalue weighted by Gasteiger charge is 2.04. The molecule has 0 unspecified atom stereocenters. The van der Waals surface area contributed by atoms with Gasteiger partial charge in [-0.1, -0.05) is 0 Å². The first-order chi connectivity index (χ1) is 7.00. The van der Waals surface area contributed by atoms with E-state index in [0.29, 0.717) is 8.95 Å². The summed E-state index contributed by atoms with van der Waals surface area (Å²) in [4.78, 5) is 0. The van der Waals surface area contributed by atoms with Crippen LogP contribution >= 0.6 is 31.9 Å². The zero-order valence-electron chi connectivity index (χ0n) is 7.48. The highest BCUT2D eigenvalue weighted by atomic mass is 79.9. The lowest BCUT2D eigenvalue weighted by molar-refractivity contribution is 0.468. The number of nitrogens with two attached hydrogens (primary N) is 2. The van der Waals surface area contributed by atoms with Crippen molar-refractivity contribution in [1.82, 2.24) is 0 Å². The van der Waals surface area contributed by atoms with Gasteiger partial charge in [0.1, 0.15) is 5.75 Å². The van der Waals surface area contributed by atoms with Crippen LogP contribution in [0.2, 0.25) is 0 Å². The van der Waals surface area contributed by atoms with Gasteiger partial charge in [0.05, 0.1) is 15.2 Å². The van der Waals surface area contributed by atoms with Gasteiger partial charge < -0.3 is 16.6 Å². The molecule has 1 aromatic carbocycles. The van der Waals surface area contributed by atoms with Gasteiger partial charge in [0.2, 0.25) is 5.96 Å². The van der Waals surface area contributed by atoms with Crippen molar-refractivity contribution in [3.8, 4) is 5.75 Å². The first-order valence-electron chi connectivity index (χ1n) is 3.80. The molecule has 0 saturated carbocycles. The molecular formula is C8H8Br2N4O. The van der Waals surface area contributed by atoms with Gasteiger partial charge in [-0.05, 0) is 49.6 Å². The highest BCUT2D eigenvalue weighted by molar-refractivity contribution is 9.11. The number of phenols is 1. The van der Waals surface area contributed by atoms with Crippen molar-refractivity contribution in [3.63, 3.8) is 0 Å². The van der Waals surface area contributed by atoms with Crippen LogP contribution in [0.5, 0.6) is 5.75 Å². The molecule has 5 nitrogen and oxygen atoms in total. The number of benzene rings is 1. The topological polar surface area (TPSA) is 97.0 Å². The lowest BCUT2D eigenvalue weighted by Gasteiger charge is -2.01. The molecule has 0 amide bonds. The minimum Gasteiger partial charge on any atom is -0.506 e. The molecule has 0 aliphatic carbocycles. The zero-order chi connectivity index (χ0) is 11.4. The Bertz CT molecular complexity index is 404. The third kappa shape index (κ3) is 3.52. The Hall–Kier alpha value is -1.08. The number of hydrogen-bond donors (Lipinski definition) is 3. The fourth-order valence-electron chi connectivity index (χ4n) is 0.822. The van der Waals surface area contributed by atoms with Crippen LogP contribution in [0, 0.1) is 0 Å². The summed E-state index contributed by atoms with van der Waals surface area (Å²) in [6.45, 7) is 0. The largest absolute Gasteiger partial charge is 0.506 e. The maximum Gasteiger partial charge on any atom is 0.211 e. The minimum absolute atomic E-state index is 0.108. The fourth-order valence-corrected chi connectivity index (χ4v) is 2.04. The molecule has 0 heterocycles. The maximum atomic E-state index is 9.44. The average Bonchev–Trinajstić information content (AvgIpc) is 2.13. The first-order valence-corrected chi connectivity index (χ1v) is 5.39. The highest BCUT2D eigenvalue weighted by Crippen LogP contribution is 2.32. The van der Waals surface area contributed by atoms with E-state index in [2.05, 4.69) is 42.1 Å². The molecule has 0 aliphatic rings. The van der Waals surface area contributed by atoms with Crippen molar-refractivity contribution < 1.29 is 5.11 Å². The van der Waals surface area contributed by atoms with Gasteiger partial charge in [-0.25, -0.2) is 0 Å². The van der Waals surface area contributed by atoms with Crippen LogP contribution in [-0.2, 0) is 0 Å². The summed E-state index contributed by atoms with van der Waals surface area (Å²) >= 11 is 6.38. The number of nitrogens with zero attached hydrogens (tertiary/aromatic N) is 2. The van der Waals surface area contributed by atoms with E-state index in [1.54, 1.807) is 12.1 Å². The summed E-state index contributed by atoms with van der Waals surface area (Å²) in [6, 6.07) is 3.37. The van der Waals surface area contributed by atoms with Crippen LogP contribution in [-0.4, -0.2) is 17.3 Å². The van der Waals surface area contributed by atoms with E-state index in [9.17, 15) is 5.11 Å². The molecule has 5 N–H and O–H groups in total. The average molecular weight is 336 g/mol. The minimum atomic E-state index is -0.108. The van der Waals surface area contributed by atoms with E-state index in [1.807, 2.05) is 0 Å². The van der Waals surface area contributed by atoms with Gasteiger partial charge in [-0.3, -0.25) is 0 Å². The number of guanidine groups is 1. The molecule has 15 heavy (non-hydrogen) atoms. The second kappa shape index (κ2) is 5.13. The molecule has 0 radical (unpaired) electrons. The van der Waals surface area contributed by atoms with Crippen molar-refractivity contribution >= 4 is 44.0 Å². The van der Waals surface area contributed by atoms with E-state index in [4.69, 9.17) is 11.5 Å². The van der Waals surface area contributed by atoms with Crippen molar-refractivity contribution in [2.75, 3.05) is 0 Å². The summed E-state index contributed by atoms with van der Waals surface area (Å²) in [7, 11) is 0. The van der Waals surface area contributed by atoms with Gasteiger partial charge in [0.25, 0.3) is 0 Å². The van der Waals surface area contributed by atoms with Gasteiger partial charge >= 0.3 is 0 Å². The van der Waals surface area contributed by atoms with Crippen LogP contribution < -0.4 is 11.5 Å². The Labute approximate surface area is 103 Å². The summed E-state index contributed by atoms with van der Waals surface area (Å²) in [6.07, 6.45) is 1.47. The van der Waals surface area contributed by atoms with Gasteiger partial charge in [0, 0.05) is 0 Å². The molecule has 0 saturated heterocycles. The number of aromatic hydroxyl groups is 1. The van der Waals surface area contributed by atoms with E-state index in [-0.39, 0.29) is 11.7 Å². The maximum absolute atomic E-state index is 9.44. The van der Waals surface area contributed by atoms with E-state index >= 15 is 0 Å². The van der Waals surface area contributed by atoms with Crippen molar-refractivity contribution in [1.29, 1.82) is 0 Å². The lowest BCUT2D eigenvalue weighted by atomic mass is 10.2. The normalized spacial score (nSPS) is 10.5. The Morgan fingerprint density at radius 3 is 2.27 bits per heavy atom. The predicted molar refractivity (Wildman–Crippen MR) is 66.9 cm³/mol. The quantitative estimate of drug-likeness (QED) is 0.434. The molecule has 1 aromatic rings. The molecule has 0 aromatic heterocycles. The molecule has 0 fully saturated rings. The van der Waals surface area contributed by atoms with Crippen molar-refractivity contribution in [2.45, 2.75) is 0 Å². The summed E-state index contributed by atoms with van der Waals surface area (Å²) in [5.74, 6) is 0.0251. The van der Waals surface area contributed by atoms with Gasteiger partial charge in [-0.15, -0.1) is 5.10 Å². The summed E-state index contributed by atoms with van der Waals surface area (Å²) < 4.78 is 1.12. The molecule has 0 bridgehead atoms. The number of hydrogen-bond acceptors (Lipinski definition) is 3. The van der Waals surface area contributed by atoms with Crippen LogP contribution in [0.4, 0.5) is 0 Å². The molecule has 0 spiro atoms. The second-order valence-corrected chi connectivity index (χ2v) is 4.31. The molecular weight excluding hydrogens is 328 g/mol. The third-order valence-electron chi connectivity index (χ3n) is 1.42. The summed E-state index contributed by atoms with van der Waals surface area (Å²) in [5.41, 5.74) is 10.9. The Morgan fingerprint density at radius 1 is 1.27 bits per heavy atom. The van der Waals surface area contributed by atoms with Crippen molar-refractivity contribution in [3.05, 3.63) is 26.6 Å². The Morgan fingerprint density at radius 2 is 1.80 bits per heavy atom. The standard InChI is InChI=1S/C8H8Br2N4O/c9-5-1-4(2-6(10)7(5)15)3-13-14-8(11)12/h1-3,15H,(H4,11,12,14). The molecule has 1 rings (SSSR count). The van der Waals surface area contributed by atoms with Gasteiger partial charge in [-0.2, -0.15) is 5.10 Å². The van der Waals surface area contributed by atoms with E-state index in [1.165, 1.54) is 6.21 Å². The fraction of sp³-hybridized carbons (Fsp3) is 0. The van der Waals surface area contributed by atoms with Crippen LogP contribution in [0.3, 0.4) is 0 Å². The second-order valence-electron chi connectivity index (χ2n) is 2.60. The molecule has 80 valence electrons.